The monoisotopic (exact) mass is 200 g/mol. The molecule has 0 aromatic carbocycles. The highest BCUT2D eigenvalue weighted by atomic mass is 17.2. The van der Waals surface area contributed by atoms with E-state index in [1.165, 1.54) is 16.0 Å². The smallest absolute Gasteiger partial charge is 0.635 e. The van der Waals surface area contributed by atoms with Crippen LogP contribution in [0.15, 0.2) is 16.0 Å². The summed E-state index contributed by atoms with van der Waals surface area (Å²) in [6.07, 6.45) is 0. The summed E-state index contributed by atoms with van der Waals surface area (Å²) < 4.78 is 0. The maximum absolute atomic E-state index is 8.39. The molecule has 13 nitrogen and oxygen atoms in total. The van der Waals surface area contributed by atoms with Gasteiger partial charge in [-0.25, -0.2) is 0 Å². The Kier molecular flexibility index (Phi) is 90.9. The summed E-state index contributed by atoms with van der Waals surface area (Å²) in [5.74, 6) is 0. The fourth-order valence-corrected chi connectivity index (χ4v) is 0. The largest absolute Gasteiger partial charge is 3.00 e. The first kappa shape index (κ1) is 22.4. The first-order chi connectivity index (χ1) is 5.74. The van der Waals surface area contributed by atoms with Crippen molar-refractivity contribution in [1.29, 1.82) is 0 Å². The molecule has 0 amide bonds. The molecule has 74 valence electrons. The Balaban J connectivity index is -0.0000000450. The predicted molar refractivity (Wildman–Crippen MR) is 22.8 cm³/mol. The Bertz CT molecular complexity index is 72.6. The molecule has 0 aromatic heterocycles. The standard InChI is InChI=1S/3HNO3.N/c3*2-1-4-3;/h3*3H;/q;;;+3/p-3. The van der Waals surface area contributed by atoms with Gasteiger partial charge in [0.05, 0.1) is 0 Å². The molecule has 0 heterocycles. The van der Waals surface area contributed by atoms with E-state index in [0.717, 1.165) is 0 Å². The average molecular weight is 200 g/mol. The molecule has 0 unspecified atom stereocenters. The van der Waals surface area contributed by atoms with Crippen molar-refractivity contribution < 1.29 is 30.7 Å². The third kappa shape index (κ3) is 952. The summed E-state index contributed by atoms with van der Waals surface area (Å²) in [7, 11) is 0. The van der Waals surface area contributed by atoms with Crippen molar-refractivity contribution >= 4 is 0 Å². The van der Waals surface area contributed by atoms with Crippen LogP contribution < -0.4 is 21.9 Å². The van der Waals surface area contributed by atoms with E-state index < -0.39 is 0 Å². The second kappa shape index (κ2) is 52.7. The summed E-state index contributed by atoms with van der Waals surface area (Å²) >= 11 is 0. The molecule has 0 aliphatic carbocycles. The molecule has 0 saturated heterocycles. The van der Waals surface area contributed by atoms with E-state index in [4.69, 9.17) is 30.5 Å². The molecule has 0 N–H and O–H groups in total. The van der Waals surface area contributed by atoms with Crippen LogP contribution in [0.1, 0.15) is 0 Å². The second-order valence-corrected chi connectivity index (χ2v) is 0.447. The van der Waals surface area contributed by atoms with E-state index in [0.29, 0.717) is 0 Å². The van der Waals surface area contributed by atoms with Crippen molar-refractivity contribution in [1.82, 2.24) is 6.15 Å². The van der Waals surface area contributed by atoms with E-state index in [2.05, 4.69) is 15.0 Å². The molecule has 0 bridgehead atoms. The van der Waals surface area contributed by atoms with Gasteiger partial charge in [-0.3, -0.25) is 0 Å². The maximum Gasteiger partial charge on any atom is 3.00 e. The lowest BCUT2D eigenvalue weighted by Crippen LogP contribution is -1.94. The fraction of sp³-hybridized carbons (Fsp3) is 0. The Morgan fingerprint density at radius 3 is 0.769 bits per heavy atom. The van der Waals surface area contributed by atoms with Gasteiger partial charge in [-0.1, -0.05) is 0 Å². The van der Waals surface area contributed by atoms with Crippen LogP contribution in [0, 0.1) is 14.7 Å². The first-order valence-corrected chi connectivity index (χ1v) is 1.60. The number of rotatable bonds is 3. The minimum absolute atomic E-state index is 0. The van der Waals surface area contributed by atoms with Gasteiger partial charge in [0.25, 0.3) is 0 Å². The zero-order valence-electron chi connectivity index (χ0n) is 5.46. The highest BCUT2D eigenvalue weighted by Gasteiger charge is 3.00. The normalized spacial score (nSPS) is 4.85. The fourth-order valence-electron chi connectivity index (χ4n) is 0. The summed E-state index contributed by atoms with van der Waals surface area (Å²) in [6, 6.07) is 0. The maximum atomic E-state index is 8.39. The molecule has 0 saturated carbocycles. The van der Waals surface area contributed by atoms with Crippen LogP contribution >= 0.6 is 0 Å². The summed E-state index contributed by atoms with van der Waals surface area (Å²) in [4.78, 5) is 32.2. The van der Waals surface area contributed by atoms with E-state index >= 15 is 0 Å². The third-order valence-electron chi connectivity index (χ3n) is 0.0913. The van der Waals surface area contributed by atoms with Gasteiger partial charge in [-0.15, -0.1) is 14.7 Å². The van der Waals surface area contributed by atoms with E-state index in [1.54, 1.807) is 0 Å². The van der Waals surface area contributed by atoms with Crippen LogP contribution in [0.5, 0.6) is 0 Å². The van der Waals surface area contributed by atoms with E-state index in [1.807, 2.05) is 0 Å². The molecule has 0 aliphatic heterocycles. The van der Waals surface area contributed by atoms with Gasteiger partial charge in [-0.05, 0) is 0 Å². The lowest BCUT2D eigenvalue weighted by molar-refractivity contribution is -0.692. The van der Waals surface area contributed by atoms with E-state index in [9.17, 15) is 0 Å². The summed E-state index contributed by atoms with van der Waals surface area (Å²) in [6.45, 7) is 0. The van der Waals surface area contributed by atoms with Crippen LogP contribution in [0.4, 0.5) is 0 Å². The van der Waals surface area contributed by atoms with Crippen molar-refractivity contribution in [2.45, 2.75) is 0 Å². The van der Waals surface area contributed by atoms with Gasteiger partial charge in [0.2, 0.25) is 0 Å². The molecule has 0 aromatic rings. The molecule has 0 aliphatic rings. The lowest BCUT2D eigenvalue weighted by atomic mass is 13.4. The highest BCUT2D eigenvalue weighted by Crippen LogP contribution is 1.44. The Morgan fingerprint density at radius 2 is 0.769 bits per heavy atom. The molecule has 0 rings (SSSR count). The Hall–Kier alpha value is -2.21. The second-order valence-electron chi connectivity index (χ2n) is 0.447. The van der Waals surface area contributed by atoms with Gasteiger partial charge < -0.3 is 30.7 Å². The number of hydrogen-bond donors (Lipinski definition) is 0. The topological polar surface area (TPSA) is 216 Å². The zero-order valence-corrected chi connectivity index (χ0v) is 5.46. The Morgan fingerprint density at radius 1 is 0.692 bits per heavy atom. The van der Waals surface area contributed by atoms with Crippen LogP contribution in [0.3, 0.4) is 0 Å². The van der Waals surface area contributed by atoms with Gasteiger partial charge in [0.15, 0.2) is 0 Å². The predicted octanol–water partition coefficient (Wildman–Crippen LogP) is -3.60. The molecule has 13 heavy (non-hydrogen) atoms. The quantitative estimate of drug-likeness (QED) is 0.249. The minimum Gasteiger partial charge on any atom is -0.635 e. The third-order valence-corrected chi connectivity index (χ3v) is 0.0913. The first-order valence-electron chi connectivity index (χ1n) is 1.60. The molecule has 2 radical (unpaired) electrons. The van der Waals surface area contributed by atoms with Gasteiger partial charge in [0, 0.05) is 0 Å². The van der Waals surface area contributed by atoms with Crippen LogP contribution in [-0.4, -0.2) is 0 Å². The van der Waals surface area contributed by atoms with Crippen LogP contribution in [0.2, 0.25) is 0 Å². The molecule has 0 fully saturated rings. The minimum atomic E-state index is 0. The van der Waals surface area contributed by atoms with E-state index in [-0.39, 0.29) is 6.15 Å². The van der Waals surface area contributed by atoms with Gasteiger partial charge in [-0.2, -0.15) is 0 Å². The number of nitrogens with zero attached hydrogens (tertiary/aromatic N) is 4. The van der Waals surface area contributed by atoms with Gasteiger partial charge in [0.1, 0.15) is 16.0 Å². The molecular formula is N4O9. The zero-order chi connectivity index (χ0) is 10.2. The highest BCUT2D eigenvalue weighted by molar-refractivity contribution is 3.86. The molecule has 13 heteroatoms. The van der Waals surface area contributed by atoms with Gasteiger partial charge >= 0.3 is 6.15 Å². The van der Waals surface area contributed by atoms with Crippen LogP contribution in [0.25, 0.3) is 0 Å². The van der Waals surface area contributed by atoms with Crippen molar-refractivity contribution in [2.75, 3.05) is 0 Å². The van der Waals surface area contributed by atoms with Crippen LogP contribution in [-0.2, 0) is 15.0 Å². The molecule has 0 spiro atoms. The van der Waals surface area contributed by atoms with Crippen molar-refractivity contribution in [3.05, 3.63) is 14.7 Å². The van der Waals surface area contributed by atoms with Crippen molar-refractivity contribution in [3.8, 4) is 0 Å². The lowest BCUT2D eigenvalue weighted by Gasteiger charge is -1.83. The molecular weight excluding hydrogens is 200 g/mol. The summed E-state index contributed by atoms with van der Waals surface area (Å²) in [5.41, 5.74) is 0. The molecule has 0 atom stereocenters. The Labute approximate surface area is 69.0 Å². The average Bonchev–Trinajstić information content (AvgIpc) is 2.18. The van der Waals surface area contributed by atoms with Crippen molar-refractivity contribution in [2.24, 2.45) is 16.0 Å². The summed E-state index contributed by atoms with van der Waals surface area (Å²) in [5, 5.41) is 29.2. The van der Waals surface area contributed by atoms with Crippen molar-refractivity contribution in [3.63, 3.8) is 0 Å². The number of hydrogen-bond acceptors (Lipinski definition) is 12. The SMILES string of the molecule is O=NO[O-].O=NO[O-].O=NO[O-].[N+3].